The maximum Gasteiger partial charge on any atom is 0.257 e. The van der Waals surface area contributed by atoms with Crippen LogP contribution in [0.2, 0.25) is 5.02 Å². The molecule has 164 valence electrons. The first-order chi connectivity index (χ1) is 15.2. The number of ether oxygens (including phenoxy) is 1. The van der Waals surface area contributed by atoms with Crippen molar-refractivity contribution in [2.75, 3.05) is 11.9 Å². The van der Waals surface area contributed by atoms with Gasteiger partial charge >= 0.3 is 0 Å². The molecule has 0 saturated carbocycles. The smallest absolute Gasteiger partial charge is 0.257 e. The van der Waals surface area contributed by atoms with Gasteiger partial charge in [-0.2, -0.15) is 0 Å². The Labute approximate surface area is 196 Å². The Morgan fingerprint density at radius 2 is 1.84 bits per heavy atom. The first-order valence-corrected chi connectivity index (χ1v) is 12.6. The number of unbranched alkanes of at least 4 members (excludes halogenated alkanes) is 4. The third kappa shape index (κ3) is 7.83. The van der Waals surface area contributed by atoms with E-state index in [-0.39, 0.29) is 5.91 Å². The lowest BCUT2D eigenvalue weighted by Crippen LogP contribution is -2.11. The molecule has 0 bridgehead atoms. The summed E-state index contributed by atoms with van der Waals surface area (Å²) in [4.78, 5) is 12.5. The van der Waals surface area contributed by atoms with Crippen LogP contribution in [0.5, 0.6) is 5.75 Å². The molecule has 0 radical (unpaired) electrons. The lowest BCUT2D eigenvalue weighted by molar-refractivity contribution is 0.102. The van der Waals surface area contributed by atoms with Gasteiger partial charge < -0.3 is 4.74 Å². The second kappa shape index (κ2) is 12.7. The molecule has 0 saturated heterocycles. The largest absolute Gasteiger partial charge is 0.494 e. The number of thioether (sulfide) groups is 1. The van der Waals surface area contributed by atoms with Gasteiger partial charge in [0.1, 0.15) is 5.75 Å². The number of nitrogens with one attached hydrogen (secondary N) is 1. The van der Waals surface area contributed by atoms with Crippen molar-refractivity contribution in [1.82, 2.24) is 10.2 Å². The van der Waals surface area contributed by atoms with Crippen molar-refractivity contribution in [3.05, 3.63) is 64.7 Å². The third-order valence-electron chi connectivity index (χ3n) is 4.57. The second-order valence-corrected chi connectivity index (χ2v) is 9.60. The van der Waals surface area contributed by atoms with E-state index in [1.165, 1.54) is 48.8 Å². The maximum atomic E-state index is 12.5. The van der Waals surface area contributed by atoms with E-state index in [2.05, 4.69) is 22.4 Å². The van der Waals surface area contributed by atoms with Gasteiger partial charge in [0, 0.05) is 16.3 Å². The standard InChI is InChI=1S/C23H26ClN3O2S2/c1-2-3-4-5-8-15-29-19-13-11-17(12-14-19)21(28)25-22-26-27-23(31-22)30-16-18-9-6-7-10-20(18)24/h6-7,9-14H,2-5,8,15-16H2,1H3,(H,25,26,28). The van der Waals surface area contributed by atoms with Gasteiger partial charge in [0.05, 0.1) is 6.61 Å². The monoisotopic (exact) mass is 475 g/mol. The van der Waals surface area contributed by atoms with Gasteiger partial charge in [-0.15, -0.1) is 10.2 Å². The number of nitrogens with zero attached hydrogens (tertiary/aromatic N) is 2. The van der Waals surface area contributed by atoms with Crippen molar-refractivity contribution in [3.63, 3.8) is 0 Å². The predicted octanol–water partition coefficient (Wildman–Crippen LogP) is 7.09. The summed E-state index contributed by atoms with van der Waals surface area (Å²) in [7, 11) is 0. The van der Waals surface area contributed by atoms with Crippen LogP contribution < -0.4 is 10.1 Å². The van der Waals surface area contributed by atoms with Crippen molar-refractivity contribution in [1.29, 1.82) is 0 Å². The molecule has 31 heavy (non-hydrogen) atoms. The van der Waals surface area contributed by atoms with Crippen molar-refractivity contribution in [3.8, 4) is 5.75 Å². The molecule has 1 heterocycles. The zero-order chi connectivity index (χ0) is 21.9. The van der Waals surface area contributed by atoms with Crippen molar-refractivity contribution >= 4 is 45.7 Å². The Balaban J connectivity index is 1.44. The van der Waals surface area contributed by atoms with Crippen LogP contribution in [0.4, 0.5) is 5.13 Å². The summed E-state index contributed by atoms with van der Waals surface area (Å²) >= 11 is 9.07. The Bertz CT molecular complexity index is 963. The predicted molar refractivity (Wildman–Crippen MR) is 130 cm³/mol. The van der Waals surface area contributed by atoms with Crippen molar-refractivity contribution in [2.24, 2.45) is 0 Å². The maximum absolute atomic E-state index is 12.5. The Morgan fingerprint density at radius 1 is 1.06 bits per heavy atom. The third-order valence-corrected chi connectivity index (χ3v) is 6.96. The van der Waals surface area contributed by atoms with Crippen LogP contribution in [-0.2, 0) is 5.75 Å². The van der Waals surface area contributed by atoms with Crippen LogP contribution in [0.3, 0.4) is 0 Å². The zero-order valence-electron chi connectivity index (χ0n) is 17.5. The molecular formula is C23H26ClN3O2S2. The molecule has 0 aliphatic heterocycles. The van der Waals surface area contributed by atoms with Gasteiger partial charge in [0.15, 0.2) is 4.34 Å². The van der Waals surface area contributed by atoms with Crippen LogP contribution in [0, 0.1) is 0 Å². The number of amides is 1. The molecule has 1 amide bonds. The van der Waals surface area contributed by atoms with Gasteiger partial charge in [-0.25, -0.2) is 0 Å². The summed E-state index contributed by atoms with van der Waals surface area (Å²) in [5.74, 6) is 1.26. The van der Waals surface area contributed by atoms with E-state index in [9.17, 15) is 4.79 Å². The van der Waals surface area contributed by atoms with Crippen LogP contribution in [0.25, 0.3) is 0 Å². The zero-order valence-corrected chi connectivity index (χ0v) is 19.9. The molecule has 0 spiro atoms. The highest BCUT2D eigenvalue weighted by molar-refractivity contribution is 8.00. The molecule has 3 aromatic rings. The molecule has 1 N–H and O–H groups in total. The fourth-order valence-corrected chi connectivity index (χ4v) is 4.87. The quantitative estimate of drug-likeness (QED) is 0.172. The molecule has 2 aromatic carbocycles. The normalized spacial score (nSPS) is 10.8. The van der Waals surface area contributed by atoms with Crippen LogP contribution in [0.1, 0.15) is 54.9 Å². The number of hydrogen-bond acceptors (Lipinski definition) is 6. The molecule has 3 rings (SSSR count). The minimum atomic E-state index is -0.218. The summed E-state index contributed by atoms with van der Waals surface area (Å²) in [5, 5.41) is 12.2. The summed E-state index contributed by atoms with van der Waals surface area (Å²) in [6, 6.07) is 14.9. The van der Waals surface area contributed by atoms with Gasteiger partial charge in [0.25, 0.3) is 5.91 Å². The topological polar surface area (TPSA) is 64.1 Å². The molecule has 5 nitrogen and oxygen atoms in total. The number of benzene rings is 2. The van der Waals surface area contributed by atoms with E-state index < -0.39 is 0 Å². The van der Waals surface area contributed by atoms with E-state index in [0.717, 1.165) is 27.1 Å². The van der Waals surface area contributed by atoms with Crippen LogP contribution in [-0.4, -0.2) is 22.7 Å². The number of anilines is 1. The number of halogens is 1. The van der Waals surface area contributed by atoms with E-state index in [1.807, 2.05) is 36.4 Å². The summed E-state index contributed by atoms with van der Waals surface area (Å²) in [6.07, 6.45) is 6.01. The van der Waals surface area contributed by atoms with Crippen molar-refractivity contribution < 1.29 is 9.53 Å². The first-order valence-electron chi connectivity index (χ1n) is 10.4. The molecule has 0 fully saturated rings. The fraction of sp³-hybridized carbons (Fsp3) is 0.348. The number of rotatable bonds is 12. The molecular weight excluding hydrogens is 450 g/mol. The summed E-state index contributed by atoms with van der Waals surface area (Å²) in [6.45, 7) is 2.91. The Hall–Kier alpha value is -2.09. The summed E-state index contributed by atoms with van der Waals surface area (Å²) < 4.78 is 6.53. The Kier molecular flexibility index (Phi) is 9.65. The minimum Gasteiger partial charge on any atom is -0.494 e. The van der Waals surface area contributed by atoms with Gasteiger partial charge in [-0.3, -0.25) is 10.1 Å². The highest BCUT2D eigenvalue weighted by Crippen LogP contribution is 2.30. The van der Waals surface area contributed by atoms with E-state index in [4.69, 9.17) is 16.3 Å². The van der Waals surface area contributed by atoms with Gasteiger partial charge in [0.2, 0.25) is 5.13 Å². The lowest BCUT2D eigenvalue weighted by Gasteiger charge is -2.07. The van der Waals surface area contributed by atoms with Crippen LogP contribution >= 0.6 is 34.7 Å². The number of carbonyl (C=O) groups excluding carboxylic acids is 1. The highest BCUT2D eigenvalue weighted by Gasteiger charge is 2.11. The second-order valence-electron chi connectivity index (χ2n) is 6.99. The Morgan fingerprint density at radius 3 is 2.61 bits per heavy atom. The number of hydrogen-bond donors (Lipinski definition) is 1. The first kappa shape index (κ1) is 23.6. The fourth-order valence-electron chi connectivity index (χ4n) is 2.84. The number of carbonyl (C=O) groups is 1. The molecule has 0 aliphatic rings. The van der Waals surface area contributed by atoms with E-state index in [0.29, 0.717) is 23.1 Å². The van der Waals surface area contributed by atoms with E-state index >= 15 is 0 Å². The SMILES string of the molecule is CCCCCCCOc1ccc(C(=O)Nc2nnc(SCc3ccccc3Cl)s2)cc1. The average molecular weight is 476 g/mol. The van der Waals surface area contributed by atoms with E-state index in [1.54, 1.807) is 12.1 Å². The highest BCUT2D eigenvalue weighted by atomic mass is 35.5. The van der Waals surface area contributed by atoms with Gasteiger partial charge in [-0.05, 0) is 42.3 Å². The van der Waals surface area contributed by atoms with Crippen LogP contribution in [0.15, 0.2) is 52.9 Å². The minimum absolute atomic E-state index is 0.218. The molecule has 8 heteroatoms. The molecule has 0 unspecified atom stereocenters. The van der Waals surface area contributed by atoms with Gasteiger partial charge in [-0.1, -0.05) is 85.5 Å². The lowest BCUT2D eigenvalue weighted by atomic mass is 10.2. The molecule has 0 aliphatic carbocycles. The average Bonchev–Trinajstić information content (AvgIpc) is 3.23. The molecule has 1 aromatic heterocycles. The number of aromatic nitrogens is 2. The molecule has 0 atom stereocenters. The van der Waals surface area contributed by atoms with Crippen molar-refractivity contribution in [2.45, 2.75) is 49.1 Å². The summed E-state index contributed by atoms with van der Waals surface area (Å²) in [5.41, 5.74) is 1.59.